The number of hydrogen-bond donors (Lipinski definition) is 2. The molecular weight excluding hydrogens is 304 g/mol. The molecule has 2 rings (SSSR count). The van der Waals surface area contributed by atoms with Gasteiger partial charge in [-0.1, -0.05) is 68.9 Å². The second-order valence-electron chi connectivity index (χ2n) is 6.88. The van der Waals surface area contributed by atoms with E-state index in [0.29, 0.717) is 4.99 Å². The van der Waals surface area contributed by atoms with Gasteiger partial charge in [0.05, 0.1) is 17.8 Å². The molecule has 1 aromatic carbocycles. The van der Waals surface area contributed by atoms with Crippen molar-refractivity contribution in [2.75, 3.05) is 0 Å². The molecule has 0 radical (unpaired) electrons. The third kappa shape index (κ3) is 4.60. The van der Waals surface area contributed by atoms with Crippen LogP contribution in [0.1, 0.15) is 43.6 Å². The van der Waals surface area contributed by atoms with E-state index in [0.717, 1.165) is 11.3 Å². The molecule has 0 aliphatic rings. The average Bonchev–Trinajstić information content (AvgIpc) is 2.52. The van der Waals surface area contributed by atoms with Gasteiger partial charge in [0.2, 0.25) is 0 Å². The second-order valence-corrected chi connectivity index (χ2v) is 7.29. The Morgan fingerprint density at radius 1 is 1.13 bits per heavy atom. The Morgan fingerprint density at radius 3 is 2.30 bits per heavy atom. The quantitative estimate of drug-likeness (QED) is 0.838. The summed E-state index contributed by atoms with van der Waals surface area (Å²) >= 11 is 5.53. The van der Waals surface area contributed by atoms with Gasteiger partial charge in [0, 0.05) is 11.8 Å². The van der Waals surface area contributed by atoms with Gasteiger partial charge in [-0.15, -0.1) is 0 Å². The van der Waals surface area contributed by atoms with Crippen LogP contribution in [-0.2, 0) is 0 Å². The average molecular weight is 328 g/mol. The molecule has 2 unspecified atom stereocenters. The molecule has 0 saturated carbocycles. The molecule has 2 N–H and O–H groups in total. The summed E-state index contributed by atoms with van der Waals surface area (Å²) in [5.74, 6) is 0. The third-order valence-electron chi connectivity index (χ3n) is 3.81. The molecule has 0 aliphatic heterocycles. The first-order valence-corrected chi connectivity index (χ1v) is 8.16. The van der Waals surface area contributed by atoms with Crippen LogP contribution in [-0.4, -0.2) is 21.2 Å². The van der Waals surface area contributed by atoms with E-state index >= 15 is 0 Å². The van der Waals surface area contributed by atoms with E-state index in [1.807, 2.05) is 70.2 Å². The smallest absolute Gasteiger partial charge is 0.107 e. The predicted molar refractivity (Wildman–Crippen MR) is 98.5 cm³/mol. The highest BCUT2D eigenvalue weighted by Crippen LogP contribution is 2.29. The fourth-order valence-corrected chi connectivity index (χ4v) is 2.57. The van der Waals surface area contributed by atoms with Gasteiger partial charge in [-0.05, 0) is 24.5 Å². The Kier molecular flexibility index (Phi) is 5.50. The maximum Gasteiger partial charge on any atom is 0.107 e. The van der Waals surface area contributed by atoms with Crippen molar-refractivity contribution in [1.82, 2.24) is 10.3 Å². The molecule has 0 amide bonds. The van der Waals surface area contributed by atoms with Gasteiger partial charge < -0.3 is 10.4 Å². The zero-order chi connectivity index (χ0) is 17.0. The van der Waals surface area contributed by atoms with Crippen LogP contribution in [0.3, 0.4) is 0 Å². The number of nitrogens with zero attached hydrogens (tertiary/aromatic N) is 1. The van der Waals surface area contributed by atoms with Crippen LogP contribution < -0.4 is 5.32 Å². The molecule has 0 saturated heterocycles. The van der Waals surface area contributed by atoms with E-state index in [4.69, 9.17) is 12.2 Å². The zero-order valence-corrected chi connectivity index (χ0v) is 14.9. The van der Waals surface area contributed by atoms with Crippen molar-refractivity contribution in [2.24, 2.45) is 5.41 Å². The van der Waals surface area contributed by atoms with Crippen LogP contribution in [0, 0.1) is 12.3 Å². The van der Waals surface area contributed by atoms with Crippen LogP contribution in [0.4, 0.5) is 0 Å². The number of aryl methyl sites for hydroxylation is 1. The highest BCUT2D eigenvalue weighted by molar-refractivity contribution is 7.80. The van der Waals surface area contributed by atoms with E-state index in [-0.39, 0.29) is 11.5 Å². The van der Waals surface area contributed by atoms with Gasteiger partial charge in [-0.25, -0.2) is 0 Å². The molecule has 1 heterocycles. The van der Waals surface area contributed by atoms with Crippen molar-refractivity contribution < 1.29 is 5.11 Å². The number of aliphatic hydroxyl groups is 1. The van der Waals surface area contributed by atoms with Gasteiger partial charge >= 0.3 is 0 Å². The first-order valence-electron chi connectivity index (χ1n) is 7.75. The van der Waals surface area contributed by atoms with Crippen molar-refractivity contribution in [3.05, 3.63) is 65.5 Å². The SMILES string of the molecule is Cc1ccc(C(=S)NC(c2ccccn2)C(O)C(C)(C)C)cc1. The molecule has 2 aromatic rings. The molecule has 4 heteroatoms. The first-order chi connectivity index (χ1) is 10.8. The summed E-state index contributed by atoms with van der Waals surface area (Å²) in [6.07, 6.45) is 1.11. The number of rotatable bonds is 4. The highest BCUT2D eigenvalue weighted by Gasteiger charge is 2.32. The van der Waals surface area contributed by atoms with Gasteiger partial charge in [-0.3, -0.25) is 4.98 Å². The number of hydrogen-bond acceptors (Lipinski definition) is 3. The Labute approximate surface area is 143 Å². The van der Waals surface area contributed by atoms with E-state index in [1.54, 1.807) is 6.20 Å². The lowest BCUT2D eigenvalue weighted by Gasteiger charge is -2.34. The van der Waals surface area contributed by atoms with Crippen molar-refractivity contribution in [2.45, 2.75) is 39.8 Å². The van der Waals surface area contributed by atoms with E-state index < -0.39 is 6.10 Å². The minimum atomic E-state index is -0.624. The fourth-order valence-electron chi connectivity index (χ4n) is 2.30. The maximum absolute atomic E-state index is 10.8. The van der Waals surface area contributed by atoms with Crippen LogP contribution in [0.5, 0.6) is 0 Å². The predicted octanol–water partition coefficient (Wildman–Crippen LogP) is 3.80. The van der Waals surface area contributed by atoms with Crippen molar-refractivity contribution in [3.63, 3.8) is 0 Å². The topological polar surface area (TPSA) is 45.2 Å². The zero-order valence-electron chi connectivity index (χ0n) is 14.1. The Hall–Kier alpha value is -1.78. The summed E-state index contributed by atoms with van der Waals surface area (Å²) in [5.41, 5.74) is 2.61. The van der Waals surface area contributed by atoms with Gasteiger partial charge in [-0.2, -0.15) is 0 Å². The Bertz CT molecular complexity index is 647. The molecule has 23 heavy (non-hydrogen) atoms. The summed E-state index contributed by atoms with van der Waals surface area (Å²) in [6, 6.07) is 13.4. The van der Waals surface area contributed by atoms with Gasteiger partial charge in [0.1, 0.15) is 4.99 Å². The lowest BCUT2D eigenvalue weighted by atomic mass is 9.83. The van der Waals surface area contributed by atoms with Crippen LogP contribution in [0.2, 0.25) is 0 Å². The summed E-state index contributed by atoms with van der Waals surface area (Å²) in [4.78, 5) is 5.01. The van der Waals surface area contributed by atoms with Crippen molar-refractivity contribution in [1.29, 1.82) is 0 Å². The van der Waals surface area contributed by atoms with E-state index in [2.05, 4.69) is 10.3 Å². The summed E-state index contributed by atoms with van der Waals surface area (Å²) in [6.45, 7) is 8.05. The van der Waals surface area contributed by atoms with Crippen molar-refractivity contribution in [3.8, 4) is 0 Å². The molecule has 0 bridgehead atoms. The molecular formula is C19H24N2OS. The largest absolute Gasteiger partial charge is 0.390 e. The van der Waals surface area contributed by atoms with Gasteiger partial charge in [0.25, 0.3) is 0 Å². The first kappa shape index (κ1) is 17.6. The highest BCUT2D eigenvalue weighted by atomic mass is 32.1. The van der Waals surface area contributed by atoms with Crippen LogP contribution in [0.15, 0.2) is 48.7 Å². The molecule has 1 aromatic heterocycles. The van der Waals surface area contributed by atoms with Crippen LogP contribution >= 0.6 is 12.2 Å². The number of benzene rings is 1. The second kappa shape index (κ2) is 7.20. The number of nitrogens with one attached hydrogen (secondary N) is 1. The third-order valence-corrected chi connectivity index (χ3v) is 4.16. The van der Waals surface area contributed by atoms with Crippen molar-refractivity contribution >= 4 is 17.2 Å². The summed E-state index contributed by atoms with van der Waals surface area (Å²) < 4.78 is 0. The number of thiocarbonyl (C=S) groups is 1. The molecule has 2 atom stereocenters. The minimum Gasteiger partial charge on any atom is -0.390 e. The Morgan fingerprint density at radius 2 is 1.78 bits per heavy atom. The lowest BCUT2D eigenvalue weighted by molar-refractivity contribution is 0.0331. The maximum atomic E-state index is 10.8. The molecule has 0 aliphatic carbocycles. The summed E-state index contributed by atoms with van der Waals surface area (Å²) in [5, 5.41) is 14.1. The number of pyridine rings is 1. The molecule has 122 valence electrons. The number of aromatic nitrogens is 1. The van der Waals surface area contributed by atoms with E-state index in [9.17, 15) is 5.11 Å². The number of aliphatic hydroxyl groups excluding tert-OH is 1. The van der Waals surface area contributed by atoms with E-state index in [1.165, 1.54) is 5.56 Å². The van der Waals surface area contributed by atoms with Crippen LogP contribution in [0.25, 0.3) is 0 Å². The monoisotopic (exact) mass is 328 g/mol. The Balaban J connectivity index is 2.27. The fraction of sp³-hybridized carbons (Fsp3) is 0.368. The standard InChI is InChI=1S/C19H24N2OS/c1-13-8-10-14(11-9-13)18(23)21-16(17(22)19(2,3)4)15-7-5-6-12-20-15/h5-12,16-17,22H,1-4H3,(H,21,23). The molecule has 0 spiro atoms. The molecule has 0 fully saturated rings. The van der Waals surface area contributed by atoms with Gasteiger partial charge in [0.15, 0.2) is 0 Å². The lowest BCUT2D eigenvalue weighted by Crippen LogP contribution is -2.42. The normalized spacial score (nSPS) is 14.1. The minimum absolute atomic E-state index is 0.294. The molecule has 3 nitrogen and oxygen atoms in total. The summed E-state index contributed by atoms with van der Waals surface area (Å²) in [7, 11) is 0.